The van der Waals surface area contributed by atoms with Gasteiger partial charge in [0, 0.05) is 51.7 Å². The highest BCUT2D eigenvalue weighted by atomic mass is 15.1. The van der Waals surface area contributed by atoms with Crippen LogP contribution in [0.15, 0.2) is 94.9 Å². The molecule has 0 saturated carbocycles. The lowest BCUT2D eigenvalue weighted by Crippen LogP contribution is -2.34. The molecule has 2 aliphatic rings. The van der Waals surface area contributed by atoms with Gasteiger partial charge < -0.3 is 0 Å². The Hall–Kier alpha value is -3.08. The largest absolute Gasteiger partial charge is 0.299 e. The van der Waals surface area contributed by atoms with Gasteiger partial charge in [0.2, 0.25) is 0 Å². The van der Waals surface area contributed by atoms with Crippen molar-refractivity contribution in [3.63, 3.8) is 0 Å². The highest BCUT2D eigenvalue weighted by molar-refractivity contribution is 5.84. The predicted octanol–water partition coefficient (Wildman–Crippen LogP) is 5.85. The van der Waals surface area contributed by atoms with Crippen molar-refractivity contribution < 1.29 is 0 Å². The Morgan fingerprint density at radius 3 is 1.25 bits per heavy atom. The van der Waals surface area contributed by atoms with E-state index in [0.29, 0.717) is 12.1 Å². The molecular formula is C32H38N4. The minimum atomic E-state index is 0.436. The van der Waals surface area contributed by atoms with Crippen molar-refractivity contribution in [2.24, 2.45) is 9.98 Å². The minimum absolute atomic E-state index is 0.436. The molecule has 2 heterocycles. The molecule has 5 rings (SSSR count). The summed E-state index contributed by atoms with van der Waals surface area (Å²) in [6.07, 6.45) is 8.66. The van der Waals surface area contributed by atoms with E-state index in [-0.39, 0.29) is 0 Å². The molecule has 0 atom stereocenters. The summed E-state index contributed by atoms with van der Waals surface area (Å²) in [5.74, 6) is 0. The summed E-state index contributed by atoms with van der Waals surface area (Å²) in [6.45, 7) is 6.59. The fraction of sp³-hybridized carbons (Fsp3) is 0.375. The van der Waals surface area contributed by atoms with Crippen LogP contribution in [-0.2, 0) is 13.1 Å². The molecule has 0 amide bonds. The molecule has 0 aliphatic carbocycles. The Morgan fingerprint density at radius 1 is 0.528 bits per heavy atom. The lowest BCUT2D eigenvalue weighted by molar-refractivity contribution is 0.206. The highest BCUT2D eigenvalue weighted by Crippen LogP contribution is 2.18. The summed E-state index contributed by atoms with van der Waals surface area (Å²) in [5.41, 5.74) is 5.15. The monoisotopic (exact) mass is 478 g/mol. The van der Waals surface area contributed by atoms with Crippen LogP contribution in [0.4, 0.5) is 0 Å². The number of benzene rings is 3. The highest BCUT2D eigenvalue weighted by Gasteiger charge is 2.19. The maximum absolute atomic E-state index is 4.89. The smallest absolute Gasteiger partial charge is 0.0524 e. The number of likely N-dealkylation sites (tertiary alicyclic amines) is 2. The first kappa shape index (κ1) is 24.6. The SMILES string of the molecule is C(=NC1CCN(Cc2ccccc2)CC1)c1ccc(C=NC2CCN(Cc3ccccc3)CC2)cc1. The van der Waals surface area contributed by atoms with Crippen molar-refractivity contribution in [1.82, 2.24) is 9.80 Å². The second kappa shape index (κ2) is 12.8. The number of piperidine rings is 2. The molecule has 4 heteroatoms. The summed E-state index contributed by atoms with van der Waals surface area (Å²) in [6, 6.07) is 31.1. The molecule has 0 unspecified atom stereocenters. The molecule has 3 aromatic carbocycles. The average Bonchev–Trinajstić information content (AvgIpc) is 2.94. The molecule has 2 fully saturated rings. The summed E-state index contributed by atoms with van der Waals surface area (Å²) >= 11 is 0. The van der Waals surface area contributed by atoms with Gasteiger partial charge in [0.05, 0.1) is 12.1 Å². The molecule has 0 aromatic heterocycles. The zero-order valence-electron chi connectivity index (χ0n) is 21.3. The number of nitrogens with zero attached hydrogens (tertiary/aromatic N) is 4. The summed E-state index contributed by atoms with van der Waals surface area (Å²) < 4.78 is 0. The molecule has 2 saturated heterocycles. The molecule has 186 valence electrons. The van der Waals surface area contributed by atoms with E-state index in [4.69, 9.17) is 9.98 Å². The maximum Gasteiger partial charge on any atom is 0.0524 e. The van der Waals surface area contributed by atoms with Gasteiger partial charge in [-0.1, -0.05) is 84.9 Å². The number of aliphatic imine (C=N–C) groups is 2. The van der Waals surface area contributed by atoms with Crippen LogP contribution in [0.2, 0.25) is 0 Å². The molecule has 2 aliphatic heterocycles. The van der Waals surface area contributed by atoms with Crippen LogP contribution in [0, 0.1) is 0 Å². The summed E-state index contributed by atoms with van der Waals surface area (Å²) in [7, 11) is 0. The van der Waals surface area contributed by atoms with Gasteiger partial charge >= 0.3 is 0 Å². The molecule has 0 N–H and O–H groups in total. The van der Waals surface area contributed by atoms with Gasteiger partial charge in [0.25, 0.3) is 0 Å². The van der Waals surface area contributed by atoms with Crippen LogP contribution >= 0.6 is 0 Å². The van der Waals surface area contributed by atoms with Crippen molar-refractivity contribution in [3.05, 3.63) is 107 Å². The van der Waals surface area contributed by atoms with Crippen LogP contribution in [0.25, 0.3) is 0 Å². The third-order valence-corrected chi connectivity index (χ3v) is 7.42. The van der Waals surface area contributed by atoms with Gasteiger partial charge in [-0.2, -0.15) is 0 Å². The topological polar surface area (TPSA) is 31.2 Å². The van der Waals surface area contributed by atoms with Crippen LogP contribution in [-0.4, -0.2) is 60.5 Å². The van der Waals surface area contributed by atoms with E-state index >= 15 is 0 Å². The van der Waals surface area contributed by atoms with E-state index in [9.17, 15) is 0 Å². The Morgan fingerprint density at radius 2 is 0.889 bits per heavy atom. The second-order valence-corrected chi connectivity index (χ2v) is 10.2. The first-order valence-electron chi connectivity index (χ1n) is 13.5. The lowest BCUT2D eigenvalue weighted by Gasteiger charge is -2.30. The van der Waals surface area contributed by atoms with E-state index in [1.54, 1.807) is 0 Å². The van der Waals surface area contributed by atoms with E-state index in [2.05, 4.69) is 107 Å². The Balaban J connectivity index is 1.03. The van der Waals surface area contributed by atoms with Crippen LogP contribution in [0.1, 0.15) is 47.9 Å². The summed E-state index contributed by atoms with van der Waals surface area (Å²) in [5, 5.41) is 0. The maximum atomic E-state index is 4.89. The van der Waals surface area contributed by atoms with Crippen molar-refractivity contribution in [2.45, 2.75) is 50.9 Å². The van der Waals surface area contributed by atoms with Crippen molar-refractivity contribution in [3.8, 4) is 0 Å². The van der Waals surface area contributed by atoms with Gasteiger partial charge in [-0.15, -0.1) is 0 Å². The standard InChI is InChI=1S/C32H38N4/c1-3-7-29(8-4-1)25-35-19-15-31(16-20-35)33-23-27-11-13-28(14-12-27)24-34-32-17-21-36(22-18-32)26-30-9-5-2-6-10-30/h1-14,23-24,31-32H,15-22,25-26H2. The normalized spacial score (nSPS) is 18.9. The Kier molecular flexibility index (Phi) is 8.72. The van der Waals surface area contributed by atoms with Crippen LogP contribution in [0.5, 0.6) is 0 Å². The quantitative estimate of drug-likeness (QED) is 0.380. The van der Waals surface area contributed by atoms with E-state index in [0.717, 1.165) is 65.0 Å². The first-order chi connectivity index (χ1) is 17.8. The van der Waals surface area contributed by atoms with E-state index < -0.39 is 0 Å². The number of hydrogen-bond acceptors (Lipinski definition) is 4. The van der Waals surface area contributed by atoms with Gasteiger partial charge in [0.1, 0.15) is 0 Å². The molecule has 4 nitrogen and oxygen atoms in total. The fourth-order valence-corrected chi connectivity index (χ4v) is 5.19. The molecular weight excluding hydrogens is 440 g/mol. The molecule has 0 radical (unpaired) electrons. The van der Waals surface area contributed by atoms with Crippen molar-refractivity contribution in [1.29, 1.82) is 0 Å². The fourth-order valence-electron chi connectivity index (χ4n) is 5.19. The Labute approximate surface area is 216 Å². The molecule has 3 aromatic rings. The first-order valence-corrected chi connectivity index (χ1v) is 13.5. The summed E-state index contributed by atoms with van der Waals surface area (Å²) in [4.78, 5) is 14.9. The van der Waals surface area contributed by atoms with Crippen molar-refractivity contribution >= 4 is 12.4 Å². The number of rotatable bonds is 8. The third kappa shape index (κ3) is 7.46. The van der Waals surface area contributed by atoms with Crippen LogP contribution < -0.4 is 0 Å². The van der Waals surface area contributed by atoms with Crippen LogP contribution in [0.3, 0.4) is 0 Å². The lowest BCUT2D eigenvalue weighted by atomic mass is 10.0. The van der Waals surface area contributed by atoms with Crippen molar-refractivity contribution in [2.75, 3.05) is 26.2 Å². The zero-order chi connectivity index (χ0) is 24.4. The molecule has 0 bridgehead atoms. The average molecular weight is 479 g/mol. The van der Waals surface area contributed by atoms with E-state index in [1.165, 1.54) is 22.3 Å². The van der Waals surface area contributed by atoms with Gasteiger partial charge in [-0.3, -0.25) is 19.8 Å². The zero-order valence-corrected chi connectivity index (χ0v) is 21.3. The second-order valence-electron chi connectivity index (χ2n) is 10.2. The van der Waals surface area contributed by atoms with Gasteiger partial charge in [-0.25, -0.2) is 0 Å². The number of hydrogen-bond donors (Lipinski definition) is 0. The van der Waals surface area contributed by atoms with E-state index in [1.807, 2.05) is 0 Å². The minimum Gasteiger partial charge on any atom is -0.299 e. The van der Waals surface area contributed by atoms with Gasteiger partial charge in [-0.05, 0) is 47.9 Å². The molecule has 36 heavy (non-hydrogen) atoms. The Bertz CT molecular complexity index is 1000. The third-order valence-electron chi connectivity index (χ3n) is 7.42. The van der Waals surface area contributed by atoms with Gasteiger partial charge in [0.15, 0.2) is 0 Å². The molecule has 0 spiro atoms. The predicted molar refractivity (Wildman–Crippen MR) is 151 cm³/mol.